The van der Waals surface area contributed by atoms with Crippen LogP contribution < -0.4 is 0 Å². The summed E-state index contributed by atoms with van der Waals surface area (Å²) in [6, 6.07) is 4.53. The number of rotatable bonds is 3. The van der Waals surface area contributed by atoms with E-state index in [9.17, 15) is 31.2 Å². The Bertz CT molecular complexity index is 1270. The van der Waals surface area contributed by atoms with Crippen molar-refractivity contribution in [1.82, 2.24) is 9.97 Å². The molecule has 1 atom stereocenters. The number of fused-ring (bicyclic) bond motifs is 1. The van der Waals surface area contributed by atoms with Gasteiger partial charge in [0.05, 0.1) is 21.5 Å². The van der Waals surface area contributed by atoms with Crippen LogP contribution in [0, 0.1) is 6.92 Å². The van der Waals surface area contributed by atoms with Crippen LogP contribution in [0.2, 0.25) is 0 Å². The van der Waals surface area contributed by atoms with Crippen LogP contribution in [-0.4, -0.2) is 39.8 Å². The second-order valence-corrected chi connectivity index (χ2v) is 11.5. The Hall–Kier alpha value is -2.24. The van der Waals surface area contributed by atoms with Gasteiger partial charge in [-0.3, -0.25) is 0 Å². The minimum absolute atomic E-state index is 0.0144. The van der Waals surface area contributed by atoms with Crippen molar-refractivity contribution in [2.75, 3.05) is 6.26 Å². The van der Waals surface area contributed by atoms with Crippen molar-refractivity contribution in [2.24, 2.45) is 0 Å². The number of sulfone groups is 1. The quantitative estimate of drug-likeness (QED) is 0.541. The molecule has 2 N–H and O–H groups in total. The molecule has 0 aliphatic carbocycles. The molecule has 0 amide bonds. The maximum absolute atomic E-state index is 12.9. The second-order valence-electron chi connectivity index (χ2n) is 8.19. The second kappa shape index (κ2) is 7.42. The zero-order valence-electron chi connectivity index (χ0n) is 17.4. The number of hydrogen-bond donors (Lipinski definition) is 2. The van der Waals surface area contributed by atoms with E-state index in [-0.39, 0.29) is 28.2 Å². The van der Waals surface area contributed by atoms with Crippen LogP contribution in [0.4, 0.5) is 13.2 Å². The molecule has 11 heteroatoms. The molecule has 2 aromatic carbocycles. The first kappa shape index (κ1) is 23.4. The van der Waals surface area contributed by atoms with Crippen LogP contribution in [0.25, 0.3) is 22.4 Å². The molecule has 31 heavy (non-hydrogen) atoms. The summed E-state index contributed by atoms with van der Waals surface area (Å²) in [5.74, 6) is 0.0331. The zero-order chi connectivity index (χ0) is 23.5. The molecule has 3 rings (SSSR count). The van der Waals surface area contributed by atoms with Crippen molar-refractivity contribution in [1.29, 1.82) is 0 Å². The Kier molecular flexibility index (Phi) is 5.61. The number of hydrogen-bond acceptors (Lipinski definition) is 5. The first-order valence-corrected chi connectivity index (χ1v) is 12.1. The Morgan fingerprint density at radius 2 is 1.77 bits per heavy atom. The first-order valence-electron chi connectivity index (χ1n) is 9.07. The molecule has 0 aliphatic rings. The minimum atomic E-state index is -5.53. The van der Waals surface area contributed by atoms with Crippen LogP contribution in [0.3, 0.4) is 0 Å². The van der Waals surface area contributed by atoms with Crippen molar-refractivity contribution in [3.8, 4) is 17.1 Å². The fourth-order valence-electron chi connectivity index (χ4n) is 3.31. The highest BCUT2D eigenvalue weighted by molar-refractivity contribution is 7.92. The lowest BCUT2D eigenvalue weighted by molar-refractivity contribution is -0.0435. The van der Waals surface area contributed by atoms with Crippen LogP contribution in [0.5, 0.6) is 5.75 Å². The molecular formula is C20H21F3N2O4S2. The van der Waals surface area contributed by atoms with Gasteiger partial charge in [-0.05, 0) is 41.7 Å². The third-order valence-electron chi connectivity index (χ3n) is 4.94. The number of benzene rings is 2. The van der Waals surface area contributed by atoms with Crippen LogP contribution in [-0.2, 0) is 26.4 Å². The van der Waals surface area contributed by atoms with Crippen molar-refractivity contribution in [3.05, 3.63) is 35.4 Å². The summed E-state index contributed by atoms with van der Waals surface area (Å²) >= 11 is -1.38. The van der Waals surface area contributed by atoms with Gasteiger partial charge in [-0.25, -0.2) is 13.4 Å². The maximum Gasteiger partial charge on any atom is 0.501 e. The topological polar surface area (TPSA) is 106 Å². The third kappa shape index (κ3) is 4.01. The molecule has 6 nitrogen and oxygen atoms in total. The molecule has 0 saturated heterocycles. The minimum Gasteiger partial charge on any atom is -0.612 e. The number of aromatic nitrogens is 2. The van der Waals surface area contributed by atoms with E-state index in [0.717, 1.165) is 12.1 Å². The lowest BCUT2D eigenvalue weighted by Crippen LogP contribution is -2.23. The van der Waals surface area contributed by atoms with E-state index in [2.05, 4.69) is 9.97 Å². The third-order valence-corrected chi connectivity index (χ3v) is 7.46. The first-order chi connectivity index (χ1) is 14.1. The SMILES string of the molecule is Cc1c([S@@+](C)[O-])cc(C(C)(C)C)c(O)c1-c1nc2cc(S(=O)(=O)C(F)(F)F)ccc2[nH]1. The molecule has 0 bridgehead atoms. The normalized spacial score (nSPS) is 14.2. The summed E-state index contributed by atoms with van der Waals surface area (Å²) in [7, 11) is -5.53. The smallest absolute Gasteiger partial charge is 0.501 e. The largest absolute Gasteiger partial charge is 0.612 e. The summed E-state index contributed by atoms with van der Waals surface area (Å²) in [6.45, 7) is 7.27. The van der Waals surface area contributed by atoms with E-state index < -0.39 is 36.8 Å². The maximum atomic E-state index is 12.9. The number of H-pyrrole nitrogens is 1. The number of phenolic OH excluding ortho intramolecular Hbond substituents is 1. The van der Waals surface area contributed by atoms with E-state index in [4.69, 9.17) is 0 Å². The highest BCUT2D eigenvalue weighted by atomic mass is 32.2. The summed E-state index contributed by atoms with van der Waals surface area (Å²) in [5, 5.41) is 11.0. The van der Waals surface area contributed by atoms with Gasteiger partial charge in [0, 0.05) is 17.2 Å². The van der Waals surface area contributed by atoms with Crippen LogP contribution >= 0.6 is 0 Å². The van der Waals surface area contributed by atoms with E-state index in [1.807, 2.05) is 20.8 Å². The summed E-state index contributed by atoms with van der Waals surface area (Å²) in [5.41, 5.74) is -4.38. The van der Waals surface area contributed by atoms with Gasteiger partial charge in [0.2, 0.25) is 0 Å². The Balaban J connectivity index is 2.29. The van der Waals surface area contributed by atoms with E-state index in [1.54, 1.807) is 13.0 Å². The van der Waals surface area contributed by atoms with Gasteiger partial charge in [-0.2, -0.15) is 13.2 Å². The van der Waals surface area contributed by atoms with Gasteiger partial charge in [0.25, 0.3) is 9.84 Å². The highest BCUT2D eigenvalue weighted by Crippen LogP contribution is 2.43. The highest BCUT2D eigenvalue weighted by Gasteiger charge is 2.47. The average molecular weight is 475 g/mol. The number of aromatic hydroxyl groups is 1. The number of nitrogens with zero attached hydrogens (tertiary/aromatic N) is 1. The molecule has 1 aromatic heterocycles. The van der Waals surface area contributed by atoms with Gasteiger partial charge >= 0.3 is 5.51 Å². The molecule has 0 fully saturated rings. The zero-order valence-corrected chi connectivity index (χ0v) is 19.0. The fourth-order valence-corrected chi connectivity index (χ4v) is 4.91. The molecule has 168 valence electrons. The number of imidazole rings is 1. The van der Waals surface area contributed by atoms with Crippen molar-refractivity contribution in [3.63, 3.8) is 0 Å². The monoisotopic (exact) mass is 474 g/mol. The van der Waals surface area contributed by atoms with Gasteiger partial charge < -0.3 is 14.6 Å². The molecule has 0 spiro atoms. The molecule has 0 unspecified atom stereocenters. The molecular weight excluding hydrogens is 453 g/mol. The van der Waals surface area contributed by atoms with E-state index >= 15 is 0 Å². The summed E-state index contributed by atoms with van der Waals surface area (Å²) in [4.78, 5) is 6.71. The van der Waals surface area contributed by atoms with E-state index in [0.29, 0.717) is 16.0 Å². The molecule has 0 aliphatic heterocycles. The molecule has 0 radical (unpaired) electrons. The molecule has 1 heterocycles. The van der Waals surface area contributed by atoms with Crippen molar-refractivity contribution in [2.45, 2.75) is 48.4 Å². The number of nitrogens with one attached hydrogen (secondary N) is 1. The van der Waals surface area contributed by atoms with Gasteiger partial charge in [0.1, 0.15) is 17.8 Å². The van der Waals surface area contributed by atoms with E-state index in [1.165, 1.54) is 12.3 Å². The van der Waals surface area contributed by atoms with Gasteiger partial charge in [-0.15, -0.1) is 0 Å². The number of phenols is 1. The van der Waals surface area contributed by atoms with Crippen LogP contribution in [0.1, 0.15) is 31.9 Å². The van der Waals surface area contributed by atoms with Gasteiger partial charge in [0.15, 0.2) is 4.90 Å². The van der Waals surface area contributed by atoms with Gasteiger partial charge in [-0.1, -0.05) is 20.8 Å². The van der Waals surface area contributed by atoms with Crippen molar-refractivity contribution < 1.29 is 31.2 Å². The molecule has 0 saturated carbocycles. The van der Waals surface area contributed by atoms with Crippen molar-refractivity contribution >= 4 is 32.0 Å². The average Bonchev–Trinajstić information content (AvgIpc) is 3.01. The predicted octanol–water partition coefficient (Wildman–Crippen LogP) is 4.57. The number of alkyl halides is 3. The summed E-state index contributed by atoms with van der Waals surface area (Å²) in [6.07, 6.45) is 1.50. The molecule has 3 aromatic rings. The lowest BCUT2D eigenvalue weighted by atomic mass is 9.84. The Morgan fingerprint density at radius 1 is 1.16 bits per heavy atom. The Labute approximate surface area is 180 Å². The standard InChI is InChI=1S/C20H21F3N2O4S2/c1-10-15(30(5)27)9-12(19(2,3)4)17(26)16(10)18-24-13-7-6-11(8-14(13)25-18)31(28,29)20(21,22)23/h6-9,26H,1-5H3,(H,24,25)/t30-/m1/s1. The lowest BCUT2D eigenvalue weighted by Gasteiger charge is -2.24. The Morgan fingerprint density at radius 3 is 2.29 bits per heavy atom. The predicted molar refractivity (Wildman–Crippen MR) is 112 cm³/mol. The van der Waals surface area contributed by atoms with Crippen LogP contribution in [0.15, 0.2) is 34.1 Å². The fraction of sp³-hybridized carbons (Fsp3) is 0.350. The number of halogens is 3. The number of aromatic amines is 1. The summed E-state index contributed by atoms with van der Waals surface area (Å²) < 4.78 is 74.4.